The van der Waals surface area contributed by atoms with Crippen molar-refractivity contribution in [2.45, 2.75) is 122 Å². The van der Waals surface area contributed by atoms with Crippen LogP contribution in [0.2, 0.25) is 5.02 Å². The van der Waals surface area contributed by atoms with Crippen LogP contribution in [0.1, 0.15) is 152 Å². The van der Waals surface area contributed by atoms with Crippen molar-refractivity contribution in [2.24, 2.45) is 22.7 Å². The van der Waals surface area contributed by atoms with Gasteiger partial charge in [-0.3, -0.25) is 9.59 Å². The molecule has 1 aliphatic carbocycles. The first-order valence-corrected chi connectivity index (χ1v) is 19.4. The van der Waals surface area contributed by atoms with Crippen LogP contribution in [0.5, 0.6) is 0 Å². The number of hydrogen-bond donors (Lipinski definition) is 0. The highest BCUT2D eigenvalue weighted by Gasteiger charge is 2.29. The Bertz CT molecular complexity index is 1700. The molecule has 0 saturated heterocycles. The Kier molecular flexibility index (Phi) is 16.8. The summed E-state index contributed by atoms with van der Waals surface area (Å²) in [6.45, 7) is 32.8. The number of aryl methyl sites for hydroxylation is 2. The fourth-order valence-corrected chi connectivity index (χ4v) is 5.92. The van der Waals surface area contributed by atoms with E-state index in [1.165, 1.54) is 31.4 Å². The Morgan fingerprint density at radius 1 is 1.06 bits per heavy atom. The zero-order chi connectivity index (χ0) is 39.6. The van der Waals surface area contributed by atoms with Crippen LogP contribution in [0.15, 0.2) is 53.5 Å². The lowest BCUT2D eigenvalue weighted by Crippen LogP contribution is -2.34. The summed E-state index contributed by atoms with van der Waals surface area (Å²) >= 11 is 5.77. The van der Waals surface area contributed by atoms with Crippen LogP contribution < -0.4 is 4.90 Å². The number of anilines is 1. The van der Waals surface area contributed by atoms with Crippen molar-refractivity contribution in [2.75, 3.05) is 18.0 Å². The monoisotopic (exact) mass is 734 g/mol. The standard InChI is InChI=1S/C23H26ClFO2.C20H32N2O.C2H6/c1-13(2)21(26)20-11-15(4)22(27-20)17(23(5,6)7)10-14(3)16-8-9-18(24)19(25)12-16;1-6-7-13-22(14-20(3,4)5)18-12-11-17(15(2)21-18)19(23)16-9-8-10-16;1-2/h8-13H,3H2,1-2,4-7H3;11-12,16H,6-10,13-14H2,1-5H3;1-2H3/b17-10+;;. The van der Waals surface area contributed by atoms with Crippen LogP contribution in [0.25, 0.3) is 11.1 Å². The Morgan fingerprint density at radius 3 is 2.17 bits per heavy atom. The summed E-state index contributed by atoms with van der Waals surface area (Å²) in [7, 11) is 0. The second kappa shape index (κ2) is 19.5. The molecular formula is C45H64ClFN2O3. The van der Waals surface area contributed by atoms with Crippen LogP contribution in [-0.4, -0.2) is 29.6 Å². The summed E-state index contributed by atoms with van der Waals surface area (Å²) in [4.78, 5) is 31.9. The summed E-state index contributed by atoms with van der Waals surface area (Å²) in [6.07, 6.45) is 7.52. The highest BCUT2D eigenvalue weighted by Crippen LogP contribution is 2.39. The molecule has 1 aromatic carbocycles. The van der Waals surface area contributed by atoms with Gasteiger partial charge in [0.15, 0.2) is 11.5 Å². The van der Waals surface area contributed by atoms with Gasteiger partial charge in [0.05, 0.1) is 10.7 Å². The summed E-state index contributed by atoms with van der Waals surface area (Å²) in [5.74, 6) is 1.90. The van der Waals surface area contributed by atoms with Gasteiger partial charge < -0.3 is 9.32 Å². The van der Waals surface area contributed by atoms with Crippen LogP contribution in [0.4, 0.5) is 10.2 Å². The number of hydrogen-bond acceptors (Lipinski definition) is 5. The van der Waals surface area contributed by atoms with E-state index < -0.39 is 5.82 Å². The van der Waals surface area contributed by atoms with E-state index in [9.17, 15) is 14.0 Å². The van der Waals surface area contributed by atoms with Crippen molar-refractivity contribution in [3.05, 3.63) is 93.8 Å². The van der Waals surface area contributed by atoms with E-state index in [-0.39, 0.29) is 33.5 Å². The van der Waals surface area contributed by atoms with Crippen LogP contribution >= 0.6 is 11.6 Å². The van der Waals surface area contributed by atoms with Gasteiger partial charge in [0.1, 0.15) is 17.4 Å². The second-order valence-corrected chi connectivity index (χ2v) is 16.6. The zero-order valence-corrected chi connectivity index (χ0v) is 35.0. The summed E-state index contributed by atoms with van der Waals surface area (Å²) < 4.78 is 19.8. The molecule has 0 radical (unpaired) electrons. The first-order valence-electron chi connectivity index (χ1n) is 19.0. The maximum Gasteiger partial charge on any atom is 0.200 e. The molecule has 52 heavy (non-hydrogen) atoms. The fourth-order valence-electron chi connectivity index (χ4n) is 5.80. The van der Waals surface area contributed by atoms with Gasteiger partial charge in [-0.05, 0) is 97.0 Å². The molecule has 7 heteroatoms. The summed E-state index contributed by atoms with van der Waals surface area (Å²) in [5.41, 5.74) is 4.72. The molecule has 1 fully saturated rings. The van der Waals surface area contributed by atoms with Crippen molar-refractivity contribution >= 4 is 40.1 Å². The van der Waals surface area contributed by atoms with E-state index in [4.69, 9.17) is 21.0 Å². The lowest BCUT2D eigenvalue weighted by atomic mass is 9.79. The number of rotatable bonds is 12. The largest absolute Gasteiger partial charge is 0.453 e. The van der Waals surface area contributed by atoms with Gasteiger partial charge in [-0.2, -0.15) is 0 Å². The molecule has 0 amide bonds. The number of carbonyl (C=O) groups is 2. The van der Waals surface area contributed by atoms with E-state index >= 15 is 0 Å². The van der Waals surface area contributed by atoms with Gasteiger partial charge in [0.2, 0.25) is 5.78 Å². The molecule has 1 saturated carbocycles. The number of pyridine rings is 1. The summed E-state index contributed by atoms with van der Waals surface area (Å²) in [6, 6.07) is 10.4. The quantitative estimate of drug-likeness (QED) is 0.137. The van der Waals surface area contributed by atoms with E-state index in [1.54, 1.807) is 12.1 Å². The Balaban J connectivity index is 0.000000348. The van der Waals surface area contributed by atoms with E-state index in [1.807, 2.05) is 59.8 Å². The molecule has 5 nitrogen and oxygen atoms in total. The van der Waals surface area contributed by atoms with Crippen molar-refractivity contribution in [3.63, 3.8) is 0 Å². The third kappa shape index (κ3) is 12.6. The number of Topliss-reactive ketones (excluding diaryl/α,β-unsaturated/α-hetero) is 2. The lowest BCUT2D eigenvalue weighted by molar-refractivity contribution is 0.0853. The fraction of sp³-hybridized carbons (Fsp3) is 0.533. The van der Waals surface area contributed by atoms with Crippen molar-refractivity contribution in [1.82, 2.24) is 4.98 Å². The predicted molar refractivity (Wildman–Crippen MR) is 219 cm³/mol. The first-order chi connectivity index (χ1) is 24.2. The minimum absolute atomic E-state index is 0.0313. The number of unbranched alkanes of at least 4 members (excludes halogenated alkanes) is 1. The average Bonchev–Trinajstić information content (AvgIpc) is 3.42. The van der Waals surface area contributed by atoms with Crippen molar-refractivity contribution in [1.29, 1.82) is 0 Å². The van der Waals surface area contributed by atoms with Crippen LogP contribution in [0.3, 0.4) is 0 Å². The molecule has 4 rings (SSSR count). The minimum atomic E-state index is -0.486. The highest BCUT2D eigenvalue weighted by atomic mass is 35.5. The Morgan fingerprint density at radius 2 is 1.69 bits per heavy atom. The average molecular weight is 735 g/mol. The second-order valence-electron chi connectivity index (χ2n) is 16.2. The smallest absolute Gasteiger partial charge is 0.200 e. The van der Waals surface area contributed by atoms with Gasteiger partial charge in [0.25, 0.3) is 0 Å². The van der Waals surface area contributed by atoms with Gasteiger partial charge in [0, 0.05) is 36.1 Å². The number of ketones is 2. The topological polar surface area (TPSA) is 63.4 Å². The zero-order valence-electron chi connectivity index (χ0n) is 34.2. The maximum atomic E-state index is 13.8. The van der Waals surface area contributed by atoms with Gasteiger partial charge in [-0.1, -0.05) is 113 Å². The first kappa shape index (κ1) is 44.7. The van der Waals surface area contributed by atoms with E-state index in [2.05, 4.69) is 59.9 Å². The molecule has 0 aliphatic heterocycles. The number of furan rings is 1. The molecule has 0 unspecified atom stereocenters. The molecule has 0 bridgehead atoms. The normalized spacial score (nSPS) is 13.4. The van der Waals surface area contributed by atoms with Crippen LogP contribution in [0, 0.1) is 42.3 Å². The van der Waals surface area contributed by atoms with Crippen LogP contribution in [-0.2, 0) is 0 Å². The maximum absolute atomic E-state index is 13.8. The molecule has 0 N–H and O–H groups in total. The Hall–Kier alpha value is -3.51. The molecule has 286 valence electrons. The predicted octanol–water partition coefficient (Wildman–Crippen LogP) is 13.4. The van der Waals surface area contributed by atoms with Gasteiger partial charge in [-0.15, -0.1) is 0 Å². The number of nitrogens with zero attached hydrogens (tertiary/aromatic N) is 2. The molecular weight excluding hydrogens is 671 g/mol. The molecule has 1 aliphatic rings. The number of carbonyl (C=O) groups excluding carboxylic acids is 2. The highest BCUT2D eigenvalue weighted by molar-refractivity contribution is 6.30. The molecule has 2 heterocycles. The molecule has 0 spiro atoms. The number of halogens is 2. The van der Waals surface area contributed by atoms with E-state index in [0.717, 1.165) is 54.1 Å². The SMILES string of the molecule is C=C(/C=C(\c1oc(C(=O)C(C)C)cc1C)C(C)(C)C)c1ccc(Cl)c(F)c1.CC.CCCCN(CC(C)(C)C)c1ccc(C(=O)C2CCC2)c(C)n1. The van der Waals surface area contributed by atoms with Gasteiger partial charge >= 0.3 is 0 Å². The summed E-state index contributed by atoms with van der Waals surface area (Å²) in [5, 5.41) is 0.0743. The lowest BCUT2D eigenvalue weighted by Gasteiger charge is -2.31. The minimum Gasteiger partial charge on any atom is -0.453 e. The Labute approximate surface area is 319 Å². The number of benzene rings is 1. The third-order valence-corrected chi connectivity index (χ3v) is 9.24. The van der Waals surface area contributed by atoms with Gasteiger partial charge in [-0.25, -0.2) is 9.37 Å². The molecule has 2 aromatic heterocycles. The molecule has 0 atom stereocenters. The van der Waals surface area contributed by atoms with E-state index in [0.29, 0.717) is 28.4 Å². The van der Waals surface area contributed by atoms with Crippen molar-refractivity contribution < 1.29 is 18.4 Å². The number of aromatic nitrogens is 1. The van der Waals surface area contributed by atoms with Crippen molar-refractivity contribution in [3.8, 4) is 0 Å². The number of allylic oxidation sites excluding steroid dienone is 3. The third-order valence-electron chi connectivity index (χ3n) is 8.93. The molecule has 3 aromatic rings.